The minimum absolute atomic E-state index is 0.0580. The fraction of sp³-hybridized carbons (Fsp3) is 0.933. The molecule has 0 radical (unpaired) electrons. The standard InChI is InChI=1S/C15H31N3O/c1-5-9-16-14-8-7-10-18(15(14)19)12-11-17(4)13(3)6-2/h13-14,16H,5-12H2,1-4H3. The fourth-order valence-corrected chi connectivity index (χ4v) is 2.48. The molecule has 19 heavy (non-hydrogen) atoms. The summed E-state index contributed by atoms with van der Waals surface area (Å²) in [6, 6.07) is 0.650. The number of hydrogen-bond acceptors (Lipinski definition) is 3. The van der Waals surface area contributed by atoms with Crippen molar-refractivity contribution in [2.75, 3.05) is 33.2 Å². The average Bonchev–Trinajstić information content (AvgIpc) is 2.43. The van der Waals surface area contributed by atoms with Crippen molar-refractivity contribution in [1.82, 2.24) is 15.1 Å². The van der Waals surface area contributed by atoms with Crippen molar-refractivity contribution in [1.29, 1.82) is 0 Å². The van der Waals surface area contributed by atoms with Crippen LogP contribution in [0.25, 0.3) is 0 Å². The lowest BCUT2D eigenvalue weighted by atomic mass is 10.0. The predicted molar refractivity (Wildman–Crippen MR) is 80.3 cm³/mol. The molecule has 0 spiro atoms. The first-order chi connectivity index (χ1) is 9.10. The zero-order valence-electron chi connectivity index (χ0n) is 13.1. The quantitative estimate of drug-likeness (QED) is 0.728. The zero-order chi connectivity index (χ0) is 14.3. The first kappa shape index (κ1) is 16.4. The number of likely N-dealkylation sites (tertiary alicyclic amines) is 1. The molecule has 2 atom stereocenters. The largest absolute Gasteiger partial charge is 0.340 e. The van der Waals surface area contributed by atoms with Crippen LogP contribution in [0.4, 0.5) is 0 Å². The van der Waals surface area contributed by atoms with Gasteiger partial charge in [-0.05, 0) is 46.2 Å². The molecule has 1 fully saturated rings. The summed E-state index contributed by atoms with van der Waals surface area (Å²) >= 11 is 0. The van der Waals surface area contributed by atoms with Crippen LogP contribution in [0, 0.1) is 0 Å². The normalized spacial score (nSPS) is 22.1. The molecule has 1 aliphatic rings. The molecule has 1 saturated heterocycles. The number of hydrogen-bond donors (Lipinski definition) is 1. The summed E-state index contributed by atoms with van der Waals surface area (Å²) in [6.07, 6.45) is 4.36. The number of carbonyl (C=O) groups excluding carboxylic acids is 1. The van der Waals surface area contributed by atoms with Crippen LogP contribution in [0.1, 0.15) is 46.5 Å². The maximum Gasteiger partial charge on any atom is 0.239 e. The van der Waals surface area contributed by atoms with E-state index in [-0.39, 0.29) is 6.04 Å². The minimum Gasteiger partial charge on any atom is -0.340 e. The van der Waals surface area contributed by atoms with Gasteiger partial charge in [0, 0.05) is 25.7 Å². The highest BCUT2D eigenvalue weighted by atomic mass is 16.2. The van der Waals surface area contributed by atoms with E-state index in [0.29, 0.717) is 11.9 Å². The lowest BCUT2D eigenvalue weighted by Gasteiger charge is -2.34. The van der Waals surface area contributed by atoms with Crippen LogP contribution in [-0.2, 0) is 4.79 Å². The number of nitrogens with zero attached hydrogens (tertiary/aromatic N) is 2. The summed E-state index contributed by atoms with van der Waals surface area (Å²) in [5.74, 6) is 0.303. The van der Waals surface area contributed by atoms with Crippen LogP contribution < -0.4 is 5.32 Å². The van der Waals surface area contributed by atoms with Gasteiger partial charge >= 0.3 is 0 Å². The van der Waals surface area contributed by atoms with Crippen LogP contribution in [0.2, 0.25) is 0 Å². The summed E-state index contributed by atoms with van der Waals surface area (Å²) in [6.45, 7) is 10.3. The van der Waals surface area contributed by atoms with Crippen molar-refractivity contribution in [3.05, 3.63) is 0 Å². The Balaban J connectivity index is 2.38. The van der Waals surface area contributed by atoms with Gasteiger partial charge < -0.3 is 15.1 Å². The topological polar surface area (TPSA) is 35.6 Å². The van der Waals surface area contributed by atoms with Gasteiger partial charge in [-0.1, -0.05) is 13.8 Å². The van der Waals surface area contributed by atoms with Crippen LogP contribution in [0.5, 0.6) is 0 Å². The predicted octanol–water partition coefficient (Wildman–Crippen LogP) is 1.71. The molecule has 2 unspecified atom stereocenters. The van der Waals surface area contributed by atoms with Crippen LogP contribution in [-0.4, -0.2) is 61.0 Å². The van der Waals surface area contributed by atoms with Crippen LogP contribution in [0.15, 0.2) is 0 Å². The second-order valence-corrected chi connectivity index (χ2v) is 5.71. The van der Waals surface area contributed by atoms with Gasteiger partial charge in [0.05, 0.1) is 6.04 Å². The third-order valence-corrected chi connectivity index (χ3v) is 4.24. The number of rotatable bonds is 8. The Hall–Kier alpha value is -0.610. The van der Waals surface area contributed by atoms with Crippen molar-refractivity contribution in [3.63, 3.8) is 0 Å². The number of carbonyl (C=O) groups is 1. The molecule has 1 rings (SSSR count). The number of nitrogens with one attached hydrogen (secondary N) is 1. The minimum atomic E-state index is 0.0580. The Labute approximate surface area is 118 Å². The van der Waals surface area contributed by atoms with E-state index in [0.717, 1.165) is 51.9 Å². The SMILES string of the molecule is CCCNC1CCCN(CCN(C)C(C)CC)C1=O. The zero-order valence-corrected chi connectivity index (χ0v) is 13.1. The third-order valence-electron chi connectivity index (χ3n) is 4.24. The summed E-state index contributed by atoms with van der Waals surface area (Å²) in [4.78, 5) is 16.7. The van der Waals surface area contributed by atoms with Gasteiger partial charge in [0.2, 0.25) is 5.91 Å². The molecule has 0 saturated carbocycles. The maximum absolute atomic E-state index is 12.3. The molecule has 1 N–H and O–H groups in total. The highest BCUT2D eigenvalue weighted by Gasteiger charge is 2.27. The molecule has 0 bridgehead atoms. The molecule has 0 aromatic carbocycles. The third kappa shape index (κ3) is 5.11. The highest BCUT2D eigenvalue weighted by molar-refractivity contribution is 5.82. The molecule has 0 aromatic heterocycles. The first-order valence-electron chi connectivity index (χ1n) is 7.82. The second kappa shape index (κ2) is 8.54. The molecule has 4 heteroatoms. The molecule has 4 nitrogen and oxygen atoms in total. The summed E-state index contributed by atoms with van der Waals surface area (Å²) in [5.41, 5.74) is 0. The van der Waals surface area contributed by atoms with Gasteiger partial charge in [-0.25, -0.2) is 0 Å². The van der Waals surface area contributed by atoms with E-state index in [9.17, 15) is 4.79 Å². The Bertz CT molecular complexity index is 270. The van der Waals surface area contributed by atoms with E-state index >= 15 is 0 Å². The molecular formula is C15H31N3O. The van der Waals surface area contributed by atoms with Crippen molar-refractivity contribution in [2.45, 2.75) is 58.5 Å². The Kier molecular flexibility index (Phi) is 7.39. The lowest BCUT2D eigenvalue weighted by molar-refractivity contribution is -0.136. The molecule has 1 aliphatic heterocycles. The first-order valence-corrected chi connectivity index (χ1v) is 7.82. The van der Waals surface area contributed by atoms with Gasteiger partial charge in [-0.3, -0.25) is 4.79 Å². The van der Waals surface area contributed by atoms with Gasteiger partial charge in [0.1, 0.15) is 0 Å². The number of amides is 1. The lowest BCUT2D eigenvalue weighted by Crippen LogP contribution is -2.52. The summed E-state index contributed by atoms with van der Waals surface area (Å²) < 4.78 is 0. The molecular weight excluding hydrogens is 238 g/mol. The van der Waals surface area contributed by atoms with Crippen molar-refractivity contribution < 1.29 is 4.79 Å². The van der Waals surface area contributed by atoms with Gasteiger partial charge in [-0.2, -0.15) is 0 Å². The Morgan fingerprint density at radius 3 is 2.84 bits per heavy atom. The smallest absolute Gasteiger partial charge is 0.239 e. The van der Waals surface area contributed by atoms with E-state index in [1.165, 1.54) is 0 Å². The monoisotopic (exact) mass is 269 g/mol. The van der Waals surface area contributed by atoms with E-state index in [1.54, 1.807) is 0 Å². The molecule has 1 heterocycles. The molecule has 112 valence electrons. The van der Waals surface area contributed by atoms with Gasteiger partial charge in [0.25, 0.3) is 0 Å². The maximum atomic E-state index is 12.3. The fourth-order valence-electron chi connectivity index (χ4n) is 2.48. The average molecular weight is 269 g/mol. The van der Waals surface area contributed by atoms with Crippen molar-refractivity contribution >= 4 is 5.91 Å². The second-order valence-electron chi connectivity index (χ2n) is 5.71. The van der Waals surface area contributed by atoms with E-state index in [4.69, 9.17) is 0 Å². The Morgan fingerprint density at radius 2 is 2.21 bits per heavy atom. The summed E-state index contributed by atoms with van der Waals surface area (Å²) in [7, 11) is 2.15. The Morgan fingerprint density at radius 1 is 1.47 bits per heavy atom. The summed E-state index contributed by atoms with van der Waals surface area (Å²) in [5, 5.41) is 3.37. The van der Waals surface area contributed by atoms with E-state index < -0.39 is 0 Å². The molecule has 0 aliphatic carbocycles. The van der Waals surface area contributed by atoms with Gasteiger partial charge in [-0.15, -0.1) is 0 Å². The van der Waals surface area contributed by atoms with Crippen LogP contribution in [0.3, 0.4) is 0 Å². The number of piperidine rings is 1. The van der Waals surface area contributed by atoms with Gasteiger partial charge in [0.15, 0.2) is 0 Å². The van der Waals surface area contributed by atoms with E-state index in [2.05, 4.69) is 38.0 Å². The molecule has 0 aromatic rings. The highest BCUT2D eigenvalue weighted by Crippen LogP contribution is 2.12. The van der Waals surface area contributed by atoms with E-state index in [1.807, 2.05) is 4.90 Å². The van der Waals surface area contributed by atoms with Crippen molar-refractivity contribution in [2.24, 2.45) is 0 Å². The van der Waals surface area contributed by atoms with Crippen molar-refractivity contribution in [3.8, 4) is 0 Å². The van der Waals surface area contributed by atoms with Crippen LogP contribution >= 0.6 is 0 Å². The number of likely N-dealkylation sites (N-methyl/N-ethyl adjacent to an activating group) is 1. The molecule has 1 amide bonds.